The lowest BCUT2D eigenvalue weighted by molar-refractivity contribution is 0.0173. The number of ether oxygens (including phenoxy) is 1. The maximum Gasteiger partial charge on any atom is 0.113 e. The van der Waals surface area contributed by atoms with E-state index in [1.807, 2.05) is 0 Å². The molecule has 10 heavy (non-hydrogen) atoms. The lowest BCUT2D eigenvalue weighted by Gasteiger charge is -2.25. The molecule has 1 fully saturated rings. The van der Waals surface area contributed by atoms with E-state index in [1.54, 1.807) is 0 Å². The molecule has 0 aliphatic carbocycles. The van der Waals surface area contributed by atoms with E-state index < -0.39 is 0 Å². The fourth-order valence-electron chi connectivity index (χ4n) is 1.10. The van der Waals surface area contributed by atoms with Gasteiger partial charge in [0.05, 0.1) is 6.61 Å². The van der Waals surface area contributed by atoms with Crippen LogP contribution in [-0.2, 0) is 4.74 Å². The highest BCUT2D eigenvalue weighted by molar-refractivity contribution is 4.80. The molecule has 1 aliphatic heterocycles. The second-order valence-electron chi connectivity index (χ2n) is 4.15. The normalized spacial score (nSPS) is 34.8. The molecular weight excluding hydrogens is 126 g/mol. The van der Waals surface area contributed by atoms with Crippen LogP contribution in [-0.4, -0.2) is 18.9 Å². The Morgan fingerprint density at radius 3 is 2.20 bits per heavy atom. The summed E-state index contributed by atoms with van der Waals surface area (Å²) in [5.74, 6) is 0. The van der Waals surface area contributed by atoms with Crippen molar-refractivity contribution in [3.05, 3.63) is 0 Å². The van der Waals surface area contributed by atoms with Crippen LogP contribution in [0.5, 0.6) is 0 Å². The van der Waals surface area contributed by atoms with Gasteiger partial charge in [-0.15, -0.1) is 0 Å². The van der Waals surface area contributed by atoms with Crippen LogP contribution in [0, 0.1) is 5.41 Å². The van der Waals surface area contributed by atoms with Gasteiger partial charge in [-0.1, -0.05) is 20.8 Å². The van der Waals surface area contributed by atoms with Crippen molar-refractivity contribution in [3.63, 3.8) is 0 Å². The molecule has 1 unspecified atom stereocenters. The molecule has 1 N–H and O–H groups in total. The Bertz CT molecular complexity index is 117. The predicted molar refractivity (Wildman–Crippen MR) is 41.8 cm³/mol. The van der Waals surface area contributed by atoms with Crippen molar-refractivity contribution in [1.29, 1.82) is 0 Å². The van der Waals surface area contributed by atoms with E-state index in [-0.39, 0.29) is 11.6 Å². The minimum absolute atomic E-state index is 0.227. The molecule has 1 heterocycles. The zero-order chi connectivity index (χ0) is 7.78. The van der Waals surface area contributed by atoms with Gasteiger partial charge in [0.1, 0.15) is 6.23 Å². The van der Waals surface area contributed by atoms with Gasteiger partial charge in [-0.2, -0.15) is 0 Å². The molecule has 0 aromatic rings. The summed E-state index contributed by atoms with van der Waals surface area (Å²) in [6, 6.07) is 0.518. The van der Waals surface area contributed by atoms with Gasteiger partial charge < -0.3 is 4.74 Å². The van der Waals surface area contributed by atoms with E-state index in [9.17, 15) is 0 Å². The molecule has 0 amide bonds. The second kappa shape index (κ2) is 2.51. The summed E-state index contributed by atoms with van der Waals surface area (Å²) < 4.78 is 5.52. The molecule has 0 saturated carbocycles. The molecule has 2 atom stereocenters. The first-order chi connectivity index (χ1) is 4.50. The lowest BCUT2D eigenvalue weighted by Crippen LogP contribution is -2.38. The molecule has 2 heteroatoms. The third-order valence-electron chi connectivity index (χ3n) is 1.74. The Morgan fingerprint density at radius 2 is 2.00 bits per heavy atom. The van der Waals surface area contributed by atoms with Crippen molar-refractivity contribution in [3.8, 4) is 0 Å². The third-order valence-corrected chi connectivity index (χ3v) is 1.74. The highest BCUT2D eigenvalue weighted by atomic mass is 16.5. The number of nitrogens with one attached hydrogen (secondary N) is 1. The van der Waals surface area contributed by atoms with E-state index in [0.29, 0.717) is 6.04 Å². The van der Waals surface area contributed by atoms with E-state index in [4.69, 9.17) is 4.74 Å². The number of hydrogen-bond donors (Lipinski definition) is 1. The second-order valence-corrected chi connectivity index (χ2v) is 4.15. The molecular formula is C8H17NO. The molecule has 0 spiro atoms. The topological polar surface area (TPSA) is 21.3 Å². The Balaban J connectivity index is 2.45. The summed E-state index contributed by atoms with van der Waals surface area (Å²) in [4.78, 5) is 0. The minimum Gasteiger partial charge on any atom is -0.361 e. The minimum atomic E-state index is 0.227. The number of hydrogen-bond acceptors (Lipinski definition) is 2. The highest BCUT2D eigenvalue weighted by Crippen LogP contribution is 2.23. The maximum absolute atomic E-state index is 5.52. The summed E-state index contributed by atoms with van der Waals surface area (Å²) in [6.45, 7) is 9.54. The maximum atomic E-state index is 5.52. The van der Waals surface area contributed by atoms with Crippen LogP contribution in [0.15, 0.2) is 0 Å². The van der Waals surface area contributed by atoms with E-state index in [2.05, 4.69) is 33.0 Å². The van der Waals surface area contributed by atoms with Crippen molar-refractivity contribution in [2.24, 2.45) is 5.41 Å². The summed E-state index contributed by atoms with van der Waals surface area (Å²) in [6.07, 6.45) is 0.238. The summed E-state index contributed by atoms with van der Waals surface area (Å²) in [5.41, 5.74) is 0.227. The molecule has 60 valence electrons. The first-order valence-corrected chi connectivity index (χ1v) is 3.88. The predicted octanol–water partition coefficient (Wildman–Crippen LogP) is 1.37. The zero-order valence-corrected chi connectivity index (χ0v) is 7.27. The molecule has 2 nitrogen and oxygen atoms in total. The molecule has 1 rings (SSSR count). The van der Waals surface area contributed by atoms with Crippen molar-refractivity contribution >= 4 is 0 Å². The van der Waals surface area contributed by atoms with Gasteiger partial charge in [-0.3, -0.25) is 5.32 Å². The number of rotatable bonds is 0. The van der Waals surface area contributed by atoms with Crippen LogP contribution in [0.2, 0.25) is 0 Å². The van der Waals surface area contributed by atoms with Crippen molar-refractivity contribution in [1.82, 2.24) is 5.32 Å². The molecule has 0 aromatic carbocycles. The Hall–Kier alpha value is -0.0800. The molecule has 0 aromatic heterocycles. The van der Waals surface area contributed by atoms with Crippen LogP contribution >= 0.6 is 0 Å². The first-order valence-electron chi connectivity index (χ1n) is 3.88. The van der Waals surface area contributed by atoms with Crippen LogP contribution < -0.4 is 5.32 Å². The quantitative estimate of drug-likeness (QED) is 0.553. The lowest BCUT2D eigenvalue weighted by atomic mass is 9.94. The van der Waals surface area contributed by atoms with Crippen molar-refractivity contribution < 1.29 is 4.74 Å². The van der Waals surface area contributed by atoms with E-state index in [0.717, 1.165) is 6.61 Å². The van der Waals surface area contributed by atoms with Gasteiger partial charge in [0.25, 0.3) is 0 Å². The molecule has 0 radical (unpaired) electrons. The van der Waals surface area contributed by atoms with Crippen LogP contribution in [0.1, 0.15) is 27.7 Å². The average molecular weight is 143 g/mol. The monoisotopic (exact) mass is 143 g/mol. The van der Waals surface area contributed by atoms with Crippen molar-refractivity contribution in [2.45, 2.75) is 40.0 Å². The van der Waals surface area contributed by atoms with Gasteiger partial charge in [-0.05, 0) is 6.92 Å². The van der Waals surface area contributed by atoms with E-state index >= 15 is 0 Å². The largest absolute Gasteiger partial charge is 0.361 e. The van der Waals surface area contributed by atoms with Gasteiger partial charge >= 0.3 is 0 Å². The summed E-state index contributed by atoms with van der Waals surface area (Å²) in [5, 5.41) is 3.37. The first kappa shape index (κ1) is 8.02. The Kier molecular flexibility index (Phi) is 2.02. The van der Waals surface area contributed by atoms with Crippen LogP contribution in [0.4, 0.5) is 0 Å². The summed E-state index contributed by atoms with van der Waals surface area (Å²) in [7, 11) is 0. The molecule has 0 bridgehead atoms. The Morgan fingerprint density at radius 1 is 1.40 bits per heavy atom. The fourth-order valence-corrected chi connectivity index (χ4v) is 1.10. The SMILES string of the molecule is C[C@@H]1COC(C(C)(C)C)N1. The van der Waals surface area contributed by atoms with Gasteiger partial charge in [0.15, 0.2) is 0 Å². The van der Waals surface area contributed by atoms with Gasteiger partial charge in [0, 0.05) is 11.5 Å². The smallest absolute Gasteiger partial charge is 0.113 e. The van der Waals surface area contributed by atoms with Gasteiger partial charge in [0.2, 0.25) is 0 Å². The molecule has 1 saturated heterocycles. The highest BCUT2D eigenvalue weighted by Gasteiger charge is 2.31. The van der Waals surface area contributed by atoms with Crippen molar-refractivity contribution in [2.75, 3.05) is 6.61 Å². The third kappa shape index (κ3) is 1.70. The van der Waals surface area contributed by atoms with Crippen LogP contribution in [0.25, 0.3) is 0 Å². The molecule has 1 aliphatic rings. The fraction of sp³-hybridized carbons (Fsp3) is 1.00. The van der Waals surface area contributed by atoms with Crippen LogP contribution in [0.3, 0.4) is 0 Å². The average Bonchev–Trinajstić information content (AvgIpc) is 2.11. The van der Waals surface area contributed by atoms with E-state index in [1.165, 1.54) is 0 Å². The summed E-state index contributed by atoms with van der Waals surface area (Å²) >= 11 is 0. The zero-order valence-electron chi connectivity index (χ0n) is 7.27. The standard InChI is InChI=1S/C8H17NO/c1-6-5-10-7(9-6)8(2,3)4/h6-7,9H,5H2,1-4H3/t6-,7?/m1/s1. The van der Waals surface area contributed by atoms with Gasteiger partial charge in [-0.25, -0.2) is 0 Å². The Labute approximate surface area is 63.0 Å².